The third kappa shape index (κ3) is 3.59. The normalized spacial score (nSPS) is 10.0. The molecule has 0 saturated heterocycles. The first kappa shape index (κ1) is 13.2. The Bertz CT molecular complexity index is 415. The number of amides is 1. The van der Waals surface area contributed by atoms with E-state index in [1.165, 1.54) is 6.07 Å². The molecule has 0 bridgehead atoms. The molecule has 1 aromatic rings. The lowest BCUT2D eigenvalue weighted by Gasteiger charge is -2.16. The van der Waals surface area contributed by atoms with Crippen molar-refractivity contribution in [2.75, 3.05) is 13.6 Å². The predicted molar refractivity (Wildman–Crippen MR) is 65.0 cm³/mol. The SMILES string of the molecule is CCCN(C)C(=O)Cc1ccccc1C(=O)O. The molecule has 0 unspecified atom stereocenters. The summed E-state index contributed by atoms with van der Waals surface area (Å²) < 4.78 is 0. The number of hydrogen-bond acceptors (Lipinski definition) is 2. The van der Waals surface area contributed by atoms with Gasteiger partial charge in [0, 0.05) is 13.6 Å². The molecule has 0 heterocycles. The Kier molecular flexibility index (Phi) is 4.69. The fourth-order valence-corrected chi connectivity index (χ4v) is 1.64. The largest absolute Gasteiger partial charge is 0.478 e. The zero-order valence-electron chi connectivity index (χ0n) is 10.1. The number of carbonyl (C=O) groups excluding carboxylic acids is 1. The Morgan fingerprint density at radius 1 is 1.29 bits per heavy atom. The summed E-state index contributed by atoms with van der Waals surface area (Å²) in [6.45, 7) is 2.68. The summed E-state index contributed by atoms with van der Waals surface area (Å²) in [5.74, 6) is -1.05. The van der Waals surface area contributed by atoms with Crippen LogP contribution in [0.5, 0.6) is 0 Å². The summed E-state index contributed by atoms with van der Waals surface area (Å²) in [6, 6.07) is 6.61. The van der Waals surface area contributed by atoms with Crippen LogP contribution >= 0.6 is 0 Å². The van der Waals surface area contributed by atoms with Crippen molar-refractivity contribution in [3.05, 3.63) is 35.4 Å². The minimum atomic E-state index is -0.994. The van der Waals surface area contributed by atoms with Crippen LogP contribution in [-0.2, 0) is 11.2 Å². The molecular formula is C13H17NO3. The summed E-state index contributed by atoms with van der Waals surface area (Å²) in [6.07, 6.45) is 1.03. The Hall–Kier alpha value is -1.84. The number of benzene rings is 1. The van der Waals surface area contributed by atoms with Gasteiger partial charge >= 0.3 is 5.97 Å². The molecular weight excluding hydrogens is 218 g/mol. The average Bonchev–Trinajstić information content (AvgIpc) is 2.29. The van der Waals surface area contributed by atoms with Crippen LogP contribution < -0.4 is 0 Å². The van der Waals surface area contributed by atoms with Crippen molar-refractivity contribution >= 4 is 11.9 Å². The van der Waals surface area contributed by atoms with Gasteiger partial charge in [-0.3, -0.25) is 4.79 Å². The van der Waals surface area contributed by atoms with Crippen LogP contribution in [0.15, 0.2) is 24.3 Å². The fourth-order valence-electron chi connectivity index (χ4n) is 1.64. The van der Waals surface area contributed by atoms with Gasteiger partial charge in [-0.1, -0.05) is 25.1 Å². The number of nitrogens with zero attached hydrogens (tertiary/aromatic N) is 1. The quantitative estimate of drug-likeness (QED) is 0.846. The third-order valence-corrected chi connectivity index (χ3v) is 2.57. The average molecular weight is 235 g/mol. The molecule has 1 aromatic carbocycles. The second-order valence-electron chi connectivity index (χ2n) is 3.95. The second-order valence-corrected chi connectivity index (χ2v) is 3.95. The molecule has 0 aliphatic heterocycles. The molecule has 4 heteroatoms. The zero-order valence-corrected chi connectivity index (χ0v) is 10.1. The molecule has 0 saturated carbocycles. The van der Waals surface area contributed by atoms with Gasteiger partial charge in [0.1, 0.15) is 0 Å². The van der Waals surface area contributed by atoms with Gasteiger partial charge in [-0.2, -0.15) is 0 Å². The Balaban J connectivity index is 2.81. The van der Waals surface area contributed by atoms with Gasteiger partial charge in [-0.05, 0) is 18.1 Å². The molecule has 1 N–H and O–H groups in total. The molecule has 0 aliphatic rings. The summed E-state index contributed by atoms with van der Waals surface area (Å²) in [5, 5.41) is 9.00. The first-order valence-corrected chi connectivity index (χ1v) is 5.61. The molecule has 0 spiro atoms. The minimum absolute atomic E-state index is 0.0550. The molecule has 0 fully saturated rings. The zero-order chi connectivity index (χ0) is 12.8. The van der Waals surface area contributed by atoms with Crippen LogP contribution in [0.1, 0.15) is 29.3 Å². The van der Waals surface area contributed by atoms with Gasteiger partial charge in [-0.25, -0.2) is 4.79 Å². The molecule has 0 radical (unpaired) electrons. The van der Waals surface area contributed by atoms with Crippen LogP contribution in [0.3, 0.4) is 0 Å². The summed E-state index contributed by atoms with van der Waals surface area (Å²) in [5.41, 5.74) is 0.763. The predicted octanol–water partition coefficient (Wildman–Crippen LogP) is 1.80. The van der Waals surface area contributed by atoms with E-state index in [1.807, 2.05) is 6.92 Å². The monoisotopic (exact) mass is 235 g/mol. The van der Waals surface area contributed by atoms with E-state index in [4.69, 9.17) is 5.11 Å². The molecule has 4 nitrogen and oxygen atoms in total. The van der Waals surface area contributed by atoms with E-state index >= 15 is 0 Å². The molecule has 0 aromatic heterocycles. The highest BCUT2D eigenvalue weighted by atomic mass is 16.4. The highest BCUT2D eigenvalue weighted by molar-refractivity contribution is 5.91. The van der Waals surface area contributed by atoms with Crippen molar-refractivity contribution in [1.29, 1.82) is 0 Å². The van der Waals surface area contributed by atoms with E-state index in [2.05, 4.69) is 0 Å². The van der Waals surface area contributed by atoms with Gasteiger partial charge in [0.25, 0.3) is 0 Å². The lowest BCUT2D eigenvalue weighted by molar-refractivity contribution is -0.129. The molecule has 0 aliphatic carbocycles. The van der Waals surface area contributed by atoms with Crippen molar-refractivity contribution in [3.8, 4) is 0 Å². The fraction of sp³-hybridized carbons (Fsp3) is 0.385. The molecule has 17 heavy (non-hydrogen) atoms. The number of carbonyl (C=O) groups is 2. The van der Waals surface area contributed by atoms with Crippen LogP contribution in [0.25, 0.3) is 0 Å². The van der Waals surface area contributed by atoms with Crippen molar-refractivity contribution in [3.63, 3.8) is 0 Å². The first-order valence-electron chi connectivity index (χ1n) is 5.61. The molecule has 0 atom stereocenters. The van der Waals surface area contributed by atoms with Crippen LogP contribution in [0, 0.1) is 0 Å². The van der Waals surface area contributed by atoms with Gasteiger partial charge < -0.3 is 10.0 Å². The number of carboxylic acid groups (broad SMARTS) is 1. The Labute approximate surface area is 101 Å². The lowest BCUT2D eigenvalue weighted by atomic mass is 10.0. The third-order valence-electron chi connectivity index (χ3n) is 2.57. The number of rotatable bonds is 5. The van der Waals surface area contributed by atoms with Crippen LogP contribution in [0.2, 0.25) is 0 Å². The van der Waals surface area contributed by atoms with E-state index in [0.717, 1.165) is 6.42 Å². The Morgan fingerprint density at radius 2 is 1.94 bits per heavy atom. The summed E-state index contributed by atoms with van der Waals surface area (Å²) in [7, 11) is 1.73. The topological polar surface area (TPSA) is 57.6 Å². The number of aromatic carboxylic acids is 1. The summed E-state index contributed by atoms with van der Waals surface area (Å²) >= 11 is 0. The smallest absolute Gasteiger partial charge is 0.335 e. The standard InChI is InChI=1S/C13H17NO3/c1-3-8-14(2)12(15)9-10-6-4-5-7-11(10)13(16)17/h4-7H,3,8-9H2,1-2H3,(H,16,17). The van der Waals surface area contributed by atoms with E-state index in [0.29, 0.717) is 12.1 Å². The van der Waals surface area contributed by atoms with E-state index in [1.54, 1.807) is 30.1 Å². The van der Waals surface area contributed by atoms with E-state index in [9.17, 15) is 9.59 Å². The van der Waals surface area contributed by atoms with Crippen molar-refractivity contribution < 1.29 is 14.7 Å². The van der Waals surface area contributed by atoms with E-state index in [-0.39, 0.29) is 17.9 Å². The maximum Gasteiger partial charge on any atom is 0.335 e. The maximum absolute atomic E-state index is 11.8. The summed E-state index contributed by atoms with van der Waals surface area (Å²) in [4.78, 5) is 24.4. The van der Waals surface area contributed by atoms with Gasteiger partial charge in [0.05, 0.1) is 12.0 Å². The van der Waals surface area contributed by atoms with E-state index < -0.39 is 5.97 Å². The number of carboxylic acids is 1. The van der Waals surface area contributed by atoms with Crippen molar-refractivity contribution in [2.45, 2.75) is 19.8 Å². The highest BCUT2D eigenvalue weighted by Gasteiger charge is 2.14. The van der Waals surface area contributed by atoms with Crippen molar-refractivity contribution in [1.82, 2.24) is 4.90 Å². The molecule has 92 valence electrons. The Morgan fingerprint density at radius 3 is 2.53 bits per heavy atom. The van der Waals surface area contributed by atoms with Gasteiger partial charge in [0.2, 0.25) is 5.91 Å². The maximum atomic E-state index is 11.8. The number of likely N-dealkylation sites (N-methyl/N-ethyl adjacent to an activating group) is 1. The molecule has 1 amide bonds. The van der Waals surface area contributed by atoms with Crippen LogP contribution in [0.4, 0.5) is 0 Å². The second kappa shape index (κ2) is 6.03. The highest BCUT2D eigenvalue weighted by Crippen LogP contribution is 2.10. The van der Waals surface area contributed by atoms with Gasteiger partial charge in [0.15, 0.2) is 0 Å². The number of hydrogen-bond donors (Lipinski definition) is 1. The lowest BCUT2D eigenvalue weighted by Crippen LogP contribution is -2.29. The van der Waals surface area contributed by atoms with Crippen LogP contribution in [-0.4, -0.2) is 35.5 Å². The van der Waals surface area contributed by atoms with Gasteiger partial charge in [-0.15, -0.1) is 0 Å². The van der Waals surface area contributed by atoms with Crippen molar-refractivity contribution in [2.24, 2.45) is 0 Å². The minimum Gasteiger partial charge on any atom is -0.478 e. The first-order chi connectivity index (χ1) is 8.06. The molecule has 1 rings (SSSR count).